The minimum absolute atomic E-state index is 1.04. The van der Waals surface area contributed by atoms with Crippen LogP contribution in [0.4, 0.5) is 0 Å². The smallest absolute Gasteiger partial charge is 0.0541 e. The lowest BCUT2D eigenvalue weighted by molar-refractivity contribution is 1.18. The van der Waals surface area contributed by atoms with Crippen LogP contribution >= 0.6 is 22.6 Å². The third kappa shape index (κ3) is 9.39. The molecule has 0 unspecified atom stereocenters. The topological polar surface area (TPSA) is 14.8 Å². The molecule has 3 aromatic heterocycles. The summed E-state index contributed by atoms with van der Waals surface area (Å²) in [5.41, 5.74) is 21.5. The lowest BCUT2D eigenvalue weighted by Crippen LogP contribution is -1.94. The molecule has 3 nitrogen and oxygen atoms in total. The number of rotatable bonds is 5. The number of hydrogen-bond donors (Lipinski definition) is 0. The largest absolute Gasteiger partial charge is 0.309 e. The van der Waals surface area contributed by atoms with Gasteiger partial charge in [-0.2, -0.15) is 0 Å². The van der Waals surface area contributed by atoms with Crippen LogP contribution in [0.25, 0.3) is 159 Å². The fraction of sp³-hybridized carbons (Fsp3) is 0.0112. The van der Waals surface area contributed by atoms with Crippen molar-refractivity contribution in [2.75, 3.05) is 0 Å². The first kappa shape index (κ1) is 54.6. The molecule has 0 N–H and O–H groups in total. The molecule has 4 heteroatoms. The first-order valence-electron chi connectivity index (χ1n) is 31.9. The minimum atomic E-state index is 1.04. The van der Waals surface area contributed by atoms with Gasteiger partial charge in [0.25, 0.3) is 0 Å². The van der Waals surface area contributed by atoms with Gasteiger partial charge in [0, 0.05) is 52.9 Å². The summed E-state index contributed by atoms with van der Waals surface area (Å²) >= 11 is 2.35. The zero-order valence-electron chi connectivity index (χ0n) is 50.8. The van der Waals surface area contributed by atoms with E-state index >= 15 is 0 Å². The van der Waals surface area contributed by atoms with Gasteiger partial charge < -0.3 is 13.7 Å². The molecule has 16 aromatic carbocycles. The Morgan fingerprint density at radius 1 is 0.204 bits per heavy atom. The zero-order valence-corrected chi connectivity index (χ0v) is 52.9. The molecule has 3 heterocycles. The van der Waals surface area contributed by atoms with Gasteiger partial charge in [-0.05, 0) is 226 Å². The predicted molar refractivity (Wildman–Crippen MR) is 404 cm³/mol. The van der Waals surface area contributed by atoms with Gasteiger partial charge in [0.15, 0.2) is 0 Å². The fourth-order valence-corrected chi connectivity index (χ4v) is 15.4. The quantitative estimate of drug-likeness (QED) is 0.121. The maximum Gasteiger partial charge on any atom is 0.0541 e. The maximum atomic E-state index is 2.42. The molecule has 1 aliphatic carbocycles. The normalized spacial score (nSPS) is 11.9. The van der Waals surface area contributed by atoms with E-state index in [1.165, 1.54) is 174 Å². The van der Waals surface area contributed by atoms with Crippen LogP contribution in [0, 0.1) is 3.57 Å². The Bertz CT molecular complexity index is 6170. The van der Waals surface area contributed by atoms with Crippen molar-refractivity contribution in [2.24, 2.45) is 0 Å². The van der Waals surface area contributed by atoms with Crippen molar-refractivity contribution in [3.63, 3.8) is 0 Å². The number of aromatic nitrogens is 3. The van der Waals surface area contributed by atoms with Gasteiger partial charge in [-0.25, -0.2) is 0 Å². The molecule has 93 heavy (non-hydrogen) atoms. The van der Waals surface area contributed by atoms with E-state index in [4.69, 9.17) is 0 Å². The summed E-state index contributed by atoms with van der Waals surface area (Å²) < 4.78 is 8.44. The van der Waals surface area contributed by atoms with E-state index in [1.807, 2.05) is 0 Å². The van der Waals surface area contributed by atoms with E-state index in [-0.39, 0.29) is 0 Å². The summed E-state index contributed by atoms with van der Waals surface area (Å²) in [5.74, 6) is 0. The Kier molecular flexibility index (Phi) is 13.3. The molecule has 1 aliphatic rings. The van der Waals surface area contributed by atoms with Gasteiger partial charge in [0.05, 0.1) is 33.1 Å². The van der Waals surface area contributed by atoms with E-state index in [1.54, 1.807) is 0 Å². The number of benzene rings is 16. The Hall–Kier alpha value is -11.3. The Labute approximate surface area is 552 Å². The first-order valence-corrected chi connectivity index (χ1v) is 33.0. The molecule has 0 fully saturated rings. The highest BCUT2D eigenvalue weighted by molar-refractivity contribution is 14.1. The molecule has 0 radical (unpaired) electrons. The summed E-state index contributed by atoms with van der Waals surface area (Å²) in [4.78, 5) is 0. The number of fused-ring (bicyclic) bond motifs is 18. The van der Waals surface area contributed by atoms with Crippen LogP contribution in [0.5, 0.6) is 0 Å². The van der Waals surface area contributed by atoms with Crippen LogP contribution in [0.15, 0.2) is 340 Å². The molecule has 0 aliphatic heterocycles. The number of hydrogen-bond acceptors (Lipinski definition) is 0. The van der Waals surface area contributed by atoms with Crippen molar-refractivity contribution in [1.29, 1.82) is 0 Å². The molecule has 0 saturated heterocycles. The maximum absolute atomic E-state index is 2.42. The second-order valence-corrected chi connectivity index (χ2v) is 25.7. The molecule has 436 valence electrons. The second-order valence-electron chi connectivity index (χ2n) is 24.5. The summed E-state index contributed by atoms with van der Waals surface area (Å²) in [5, 5.41) is 18.1. The van der Waals surface area contributed by atoms with E-state index in [0.29, 0.717) is 0 Å². The molecule has 0 spiro atoms. The van der Waals surface area contributed by atoms with Gasteiger partial charge in [0.2, 0.25) is 0 Å². The highest BCUT2D eigenvalue weighted by Gasteiger charge is 2.21. The highest BCUT2D eigenvalue weighted by Crippen LogP contribution is 2.43. The molecular formula is C89H58IN3. The van der Waals surface area contributed by atoms with Gasteiger partial charge in [-0.15, -0.1) is 0 Å². The van der Waals surface area contributed by atoms with Crippen LogP contribution in [0.3, 0.4) is 0 Å². The van der Waals surface area contributed by atoms with Gasteiger partial charge in [0.1, 0.15) is 0 Å². The SMILES string of the molecule is Ic1ccc2c(ccc3ccccc32)c1.c1ccc(-n2c3ccccc3c3cc(-c4ccc5c(c4)-c4ccccc4C5)ccc32)cc1.c1ccc(-n2c3ccccc3c3cc(-c4ccc5c(c4)c4ccccc4n5-c4ccc5c(ccc6ccccc65)c4)ccc32)cc1. The second kappa shape index (κ2) is 22.6. The van der Waals surface area contributed by atoms with E-state index < -0.39 is 0 Å². The van der Waals surface area contributed by atoms with Crippen molar-refractivity contribution in [2.45, 2.75) is 6.42 Å². The van der Waals surface area contributed by atoms with Gasteiger partial charge >= 0.3 is 0 Å². The van der Waals surface area contributed by atoms with Gasteiger partial charge in [-0.3, -0.25) is 0 Å². The summed E-state index contributed by atoms with van der Waals surface area (Å²) in [6.45, 7) is 0. The number of halogens is 1. The van der Waals surface area contributed by atoms with Crippen molar-refractivity contribution in [3.05, 3.63) is 354 Å². The predicted octanol–water partition coefficient (Wildman–Crippen LogP) is 24.5. The molecular weight excluding hydrogens is 1240 g/mol. The molecule has 0 bridgehead atoms. The Balaban J connectivity index is 0.000000116. The lowest BCUT2D eigenvalue weighted by Gasteiger charge is -2.11. The average Bonchev–Trinajstić information content (AvgIpc) is 1.63. The lowest BCUT2D eigenvalue weighted by atomic mass is 9.97. The van der Waals surface area contributed by atoms with E-state index in [0.717, 1.165) is 6.42 Å². The molecule has 0 atom stereocenters. The average molecular weight is 1300 g/mol. The van der Waals surface area contributed by atoms with Crippen molar-refractivity contribution < 1.29 is 0 Å². The van der Waals surface area contributed by atoms with Crippen molar-refractivity contribution in [1.82, 2.24) is 13.7 Å². The third-order valence-corrected chi connectivity index (χ3v) is 19.9. The van der Waals surface area contributed by atoms with Crippen molar-refractivity contribution in [3.8, 4) is 50.4 Å². The Morgan fingerprint density at radius 3 is 1.10 bits per heavy atom. The molecule has 20 rings (SSSR count). The van der Waals surface area contributed by atoms with Crippen LogP contribution in [-0.4, -0.2) is 13.7 Å². The summed E-state index contributed by atoms with van der Waals surface area (Å²) in [6.07, 6.45) is 1.04. The number of para-hydroxylation sites is 5. The molecule has 0 amide bonds. The standard InChI is InChI=1S/C44H28N2.C31H21N.C14H9I/c1-2-11-33(12-3-1)45-41-16-8-6-14-37(41)39-27-30(20-24-43(39)45)31-21-25-44-40(28-31)38-15-7-9-17-42(38)46(44)34-22-23-36-32(26-34)19-18-29-10-4-5-13-35(29)36;1-2-9-25(10-3-1)32-30-13-7-6-12-27(30)29-20-22(16-17-31(29)32)21-14-15-24-18-23-8-4-5-11-26(23)28(24)19-21;15-12-7-8-14-11(9-12)6-5-10-3-1-2-4-13(10)14/h1-28H;1-17,19-20H,18H2;1-9H. The van der Waals surface area contributed by atoms with E-state index in [9.17, 15) is 0 Å². The molecule has 0 saturated carbocycles. The minimum Gasteiger partial charge on any atom is -0.309 e. The zero-order chi connectivity index (χ0) is 61.5. The monoisotopic (exact) mass is 1300 g/mol. The van der Waals surface area contributed by atoms with Crippen LogP contribution in [-0.2, 0) is 6.42 Å². The van der Waals surface area contributed by atoms with E-state index in [2.05, 4.69) is 376 Å². The summed E-state index contributed by atoms with van der Waals surface area (Å²) in [7, 11) is 0. The van der Waals surface area contributed by atoms with Gasteiger partial charge in [-0.1, -0.05) is 231 Å². The molecule has 19 aromatic rings. The summed E-state index contributed by atoms with van der Waals surface area (Å²) in [6, 6.07) is 124. The number of nitrogens with zero attached hydrogens (tertiary/aromatic N) is 3. The fourth-order valence-electron chi connectivity index (χ4n) is 14.9. The van der Waals surface area contributed by atoms with Crippen LogP contribution in [0.1, 0.15) is 11.1 Å². The third-order valence-electron chi connectivity index (χ3n) is 19.2. The Morgan fingerprint density at radius 2 is 0.570 bits per heavy atom. The highest BCUT2D eigenvalue weighted by atomic mass is 127. The van der Waals surface area contributed by atoms with Crippen LogP contribution < -0.4 is 0 Å². The van der Waals surface area contributed by atoms with Crippen LogP contribution in [0.2, 0.25) is 0 Å². The van der Waals surface area contributed by atoms with Crippen molar-refractivity contribution >= 4 is 131 Å². The first-order chi connectivity index (χ1) is 46.0.